The van der Waals surface area contributed by atoms with E-state index in [0.29, 0.717) is 34.9 Å². The van der Waals surface area contributed by atoms with Crippen LogP contribution >= 0.6 is 0 Å². The van der Waals surface area contributed by atoms with E-state index in [-0.39, 0.29) is 23.4 Å². The second-order valence-corrected chi connectivity index (χ2v) is 9.63. The van der Waals surface area contributed by atoms with Gasteiger partial charge in [0.1, 0.15) is 11.5 Å². The van der Waals surface area contributed by atoms with Gasteiger partial charge in [0.15, 0.2) is 5.69 Å². The molecule has 0 N–H and O–H groups in total. The summed E-state index contributed by atoms with van der Waals surface area (Å²) in [6.07, 6.45) is -7.43. The maximum absolute atomic E-state index is 14.5. The zero-order chi connectivity index (χ0) is 32.9. The van der Waals surface area contributed by atoms with Crippen molar-refractivity contribution in [1.29, 1.82) is 5.26 Å². The lowest BCUT2D eigenvalue weighted by atomic mass is 10.0. The van der Waals surface area contributed by atoms with Crippen LogP contribution in [0.4, 0.5) is 30.7 Å². The smallest absolute Gasteiger partial charge is 0.459 e. The number of alkyl halides is 7. The van der Waals surface area contributed by atoms with Crippen molar-refractivity contribution in [2.75, 3.05) is 7.11 Å². The molecule has 4 rings (SSSR count). The minimum atomic E-state index is -6.18. The number of hydrogen-bond donors (Lipinski definition) is 0. The van der Waals surface area contributed by atoms with Crippen LogP contribution in [0, 0.1) is 18.3 Å². The highest BCUT2D eigenvalue weighted by molar-refractivity contribution is 5.51. The van der Waals surface area contributed by atoms with Crippen molar-refractivity contribution in [2.24, 2.45) is 0 Å². The molecule has 0 saturated carbocycles. The average molecular weight is 637 g/mol. The Balaban J connectivity index is 1.62. The maximum atomic E-state index is 14.5. The first-order valence-corrected chi connectivity index (χ1v) is 12.9. The molecule has 0 unspecified atom stereocenters. The number of pyridine rings is 1. The number of halogens is 7. The number of benzene rings is 2. The molecule has 0 aliphatic heterocycles. The normalized spacial score (nSPS) is 11.8. The van der Waals surface area contributed by atoms with Gasteiger partial charge in [0.2, 0.25) is 5.75 Å². The van der Waals surface area contributed by atoms with Crippen LogP contribution in [0.25, 0.3) is 0 Å². The Kier molecular flexibility index (Phi) is 9.77. The van der Waals surface area contributed by atoms with E-state index in [9.17, 15) is 40.8 Å². The first-order valence-electron chi connectivity index (χ1n) is 12.9. The predicted molar refractivity (Wildman–Crippen MR) is 144 cm³/mol. The van der Waals surface area contributed by atoms with E-state index in [4.69, 9.17) is 14.2 Å². The van der Waals surface area contributed by atoms with Gasteiger partial charge in [-0.3, -0.25) is 14.3 Å². The molecule has 236 valence electrons. The van der Waals surface area contributed by atoms with Gasteiger partial charge in [-0.25, -0.2) is 13.8 Å². The van der Waals surface area contributed by atoms with Crippen molar-refractivity contribution in [3.63, 3.8) is 0 Å². The van der Waals surface area contributed by atoms with Crippen molar-refractivity contribution in [3.05, 3.63) is 111 Å². The van der Waals surface area contributed by atoms with Gasteiger partial charge in [-0.05, 0) is 48.4 Å². The van der Waals surface area contributed by atoms with Gasteiger partial charge in [0.05, 0.1) is 50.5 Å². The van der Waals surface area contributed by atoms with Gasteiger partial charge in [-0.15, -0.1) is 0 Å². The fraction of sp³-hybridized carbons (Fsp3) is 0.267. The molecule has 2 aromatic heterocycles. The standard InChI is InChI=1S/C30H23F7N4O4/c1-17-21(11-38)9-20(27(31)32)10-24(17)45-25-26(29(33,34)30(35,36)37)40-16-41(28(25)42)13-22-6-3-19(12-39-22)15-44-14-18-4-7-23(43-2)8-5-18/h3-10,12,16,27H,13-15H2,1-2H3. The predicted octanol–water partition coefficient (Wildman–Crippen LogP) is 6.98. The Bertz CT molecular complexity index is 1750. The Hall–Kier alpha value is -4.97. The van der Waals surface area contributed by atoms with Crippen LogP contribution in [-0.2, 0) is 30.4 Å². The first-order chi connectivity index (χ1) is 21.2. The molecule has 0 amide bonds. The van der Waals surface area contributed by atoms with E-state index in [0.717, 1.165) is 11.6 Å². The van der Waals surface area contributed by atoms with E-state index >= 15 is 0 Å². The zero-order valence-corrected chi connectivity index (χ0v) is 23.5. The van der Waals surface area contributed by atoms with Gasteiger partial charge >= 0.3 is 12.1 Å². The van der Waals surface area contributed by atoms with E-state index in [2.05, 4.69) is 9.97 Å². The van der Waals surface area contributed by atoms with Gasteiger partial charge < -0.3 is 14.2 Å². The number of aromatic nitrogens is 3. The second-order valence-electron chi connectivity index (χ2n) is 9.63. The number of nitrogens with zero attached hydrogens (tertiary/aromatic N) is 4. The van der Waals surface area contributed by atoms with E-state index in [1.54, 1.807) is 31.4 Å². The molecule has 8 nitrogen and oxygen atoms in total. The molecule has 0 saturated heterocycles. The lowest BCUT2D eigenvalue weighted by molar-refractivity contribution is -0.291. The van der Waals surface area contributed by atoms with Crippen LogP contribution in [0.1, 0.15) is 45.6 Å². The quantitative estimate of drug-likeness (QED) is 0.164. The Morgan fingerprint density at radius 1 is 0.978 bits per heavy atom. The summed E-state index contributed by atoms with van der Waals surface area (Å²) in [4.78, 5) is 20.6. The average Bonchev–Trinajstić information content (AvgIpc) is 3.00. The molecule has 0 radical (unpaired) electrons. The van der Waals surface area contributed by atoms with Crippen molar-refractivity contribution in [1.82, 2.24) is 14.5 Å². The van der Waals surface area contributed by atoms with Gasteiger partial charge in [-0.2, -0.15) is 27.2 Å². The molecule has 0 atom stereocenters. The first kappa shape index (κ1) is 32.9. The second kappa shape index (κ2) is 13.3. The number of methoxy groups -OCH3 is 1. The largest absolute Gasteiger partial charge is 0.497 e. The van der Waals surface area contributed by atoms with Crippen LogP contribution in [0.15, 0.2) is 65.8 Å². The number of hydrogen-bond acceptors (Lipinski definition) is 7. The summed E-state index contributed by atoms with van der Waals surface area (Å²) in [6, 6.07) is 13.4. The van der Waals surface area contributed by atoms with Gasteiger partial charge in [0, 0.05) is 17.3 Å². The monoisotopic (exact) mass is 636 g/mol. The van der Waals surface area contributed by atoms with Crippen LogP contribution in [0.3, 0.4) is 0 Å². The number of nitriles is 1. The minimum Gasteiger partial charge on any atom is -0.497 e. The topological polar surface area (TPSA) is 99.3 Å². The summed E-state index contributed by atoms with van der Waals surface area (Å²) >= 11 is 0. The Morgan fingerprint density at radius 2 is 1.64 bits per heavy atom. The Labute approximate surface area is 251 Å². The molecule has 4 aromatic rings. The lowest BCUT2D eigenvalue weighted by Crippen LogP contribution is -2.37. The van der Waals surface area contributed by atoms with Crippen molar-refractivity contribution >= 4 is 0 Å². The summed E-state index contributed by atoms with van der Waals surface area (Å²) in [5.41, 5.74) is -3.14. The Morgan fingerprint density at radius 3 is 2.22 bits per heavy atom. The molecule has 2 aromatic carbocycles. The third-order valence-corrected chi connectivity index (χ3v) is 6.53. The highest BCUT2D eigenvalue weighted by Gasteiger charge is 2.62. The highest BCUT2D eigenvalue weighted by atomic mass is 19.4. The van der Waals surface area contributed by atoms with Crippen LogP contribution < -0.4 is 15.0 Å². The fourth-order valence-corrected chi connectivity index (χ4v) is 4.02. The van der Waals surface area contributed by atoms with E-state index in [1.807, 2.05) is 12.1 Å². The molecule has 15 heteroatoms. The molecule has 0 aliphatic rings. The SMILES string of the molecule is COc1ccc(COCc2ccc(Cn3cnc(C(F)(F)C(F)(F)F)c(Oc4cc(C(F)F)cc(C#N)c4C)c3=O)nc2)cc1. The fourth-order valence-electron chi connectivity index (χ4n) is 4.02. The van der Waals surface area contributed by atoms with E-state index in [1.165, 1.54) is 19.2 Å². The summed E-state index contributed by atoms with van der Waals surface area (Å²) in [7, 11) is 1.55. The van der Waals surface area contributed by atoms with Gasteiger partial charge in [0.25, 0.3) is 12.0 Å². The third kappa shape index (κ3) is 7.40. The molecule has 45 heavy (non-hydrogen) atoms. The molecular weight excluding hydrogens is 613 g/mol. The number of ether oxygens (including phenoxy) is 3. The van der Waals surface area contributed by atoms with Gasteiger partial charge in [-0.1, -0.05) is 18.2 Å². The minimum absolute atomic E-state index is 0.168. The zero-order valence-electron chi connectivity index (χ0n) is 23.5. The molecule has 0 aliphatic carbocycles. The van der Waals surface area contributed by atoms with Crippen LogP contribution in [-0.4, -0.2) is 27.8 Å². The van der Waals surface area contributed by atoms with Crippen molar-refractivity contribution in [3.8, 4) is 23.3 Å². The number of rotatable bonds is 11. The highest BCUT2D eigenvalue weighted by Crippen LogP contribution is 2.46. The maximum Gasteiger partial charge on any atom is 0.459 e. The van der Waals surface area contributed by atoms with Crippen LogP contribution in [0.5, 0.6) is 17.2 Å². The molecule has 2 heterocycles. The van der Waals surface area contributed by atoms with Crippen molar-refractivity contribution in [2.45, 2.75) is 45.2 Å². The lowest BCUT2D eigenvalue weighted by Gasteiger charge is -2.22. The van der Waals surface area contributed by atoms with Crippen molar-refractivity contribution < 1.29 is 44.9 Å². The summed E-state index contributed by atoms with van der Waals surface area (Å²) < 4.78 is 112. The summed E-state index contributed by atoms with van der Waals surface area (Å²) in [6.45, 7) is 1.22. The molecule has 0 bridgehead atoms. The summed E-state index contributed by atoms with van der Waals surface area (Å²) in [5.74, 6) is -7.21. The van der Waals surface area contributed by atoms with Crippen LogP contribution in [0.2, 0.25) is 0 Å². The third-order valence-electron chi connectivity index (χ3n) is 6.53. The molecular formula is C30H23F7N4O4. The molecule has 0 spiro atoms. The summed E-state index contributed by atoms with van der Waals surface area (Å²) in [5, 5.41) is 9.29. The van der Waals surface area contributed by atoms with E-state index < -0.39 is 53.4 Å². The molecule has 0 fully saturated rings.